The fourth-order valence-corrected chi connectivity index (χ4v) is 2.78. The molecule has 140 valence electrons. The number of rotatable bonds is 6. The van der Waals surface area contributed by atoms with Gasteiger partial charge in [-0.15, -0.1) is 24.5 Å². The van der Waals surface area contributed by atoms with Crippen LogP contribution in [-0.2, 0) is 4.79 Å². The van der Waals surface area contributed by atoms with Gasteiger partial charge in [0.15, 0.2) is 5.60 Å². The largest absolute Gasteiger partial charge is 0.573 e. The summed E-state index contributed by atoms with van der Waals surface area (Å²) in [5.41, 5.74) is -1.51. The van der Waals surface area contributed by atoms with Gasteiger partial charge in [-0.3, -0.25) is 4.79 Å². The van der Waals surface area contributed by atoms with Crippen LogP contribution in [0.5, 0.6) is 5.75 Å². The second-order valence-corrected chi connectivity index (χ2v) is 6.58. The van der Waals surface area contributed by atoms with Crippen molar-refractivity contribution in [2.24, 2.45) is 0 Å². The quantitative estimate of drug-likeness (QED) is 0.706. The Kier molecular flexibility index (Phi) is 5.57. The van der Waals surface area contributed by atoms with E-state index in [1.807, 2.05) is 0 Å². The van der Waals surface area contributed by atoms with Crippen LogP contribution in [0, 0.1) is 0 Å². The minimum Gasteiger partial charge on any atom is -0.479 e. The van der Waals surface area contributed by atoms with Gasteiger partial charge in [0.25, 0.3) is 5.91 Å². The molecular weight excluding hydrogens is 375 g/mol. The Morgan fingerprint density at radius 2 is 1.77 bits per heavy atom. The van der Waals surface area contributed by atoms with E-state index in [9.17, 15) is 27.9 Å². The number of halogens is 3. The van der Waals surface area contributed by atoms with Crippen LogP contribution < -0.4 is 10.1 Å². The summed E-state index contributed by atoms with van der Waals surface area (Å²) in [6.45, 7) is 0.581. The summed E-state index contributed by atoms with van der Waals surface area (Å²) in [6.07, 6.45) is -4.77. The number of amides is 1. The number of hydrogen-bond donors (Lipinski definition) is 3. The van der Waals surface area contributed by atoms with Gasteiger partial charge in [0.1, 0.15) is 5.75 Å². The molecule has 1 atom stereocenters. The molecule has 0 bridgehead atoms. The number of hydrogen-bond acceptors (Lipinski definition) is 5. The van der Waals surface area contributed by atoms with Gasteiger partial charge in [-0.1, -0.05) is 0 Å². The monoisotopic (exact) mass is 389 g/mol. The number of carbonyl (C=O) groups excluding carboxylic acids is 1. The Labute approximate surface area is 149 Å². The van der Waals surface area contributed by atoms with Gasteiger partial charge in [0.2, 0.25) is 0 Å². The molecule has 26 heavy (non-hydrogen) atoms. The van der Waals surface area contributed by atoms with Gasteiger partial charge in [-0.05, 0) is 48.9 Å². The minimum absolute atomic E-state index is 0.261. The Hall–Kier alpha value is -2.59. The molecule has 0 aliphatic carbocycles. The number of thiophene rings is 1. The molecule has 0 saturated heterocycles. The average Bonchev–Trinajstić information content (AvgIpc) is 3.01. The predicted octanol–water partition coefficient (Wildman–Crippen LogP) is 2.88. The third-order valence-electron chi connectivity index (χ3n) is 3.26. The number of alkyl halides is 3. The van der Waals surface area contributed by atoms with Gasteiger partial charge >= 0.3 is 12.3 Å². The number of carbonyl (C=O) groups is 2. The number of aliphatic carboxylic acids is 1. The first-order valence-electron chi connectivity index (χ1n) is 7.18. The van der Waals surface area contributed by atoms with Crippen LogP contribution in [0.25, 0.3) is 10.4 Å². The van der Waals surface area contributed by atoms with Crippen molar-refractivity contribution in [2.45, 2.75) is 18.9 Å². The summed E-state index contributed by atoms with van der Waals surface area (Å²) in [7, 11) is 0. The molecule has 1 unspecified atom stereocenters. The molecule has 3 N–H and O–H groups in total. The summed E-state index contributed by atoms with van der Waals surface area (Å²) in [5.74, 6) is -2.39. The Morgan fingerprint density at radius 1 is 1.15 bits per heavy atom. The molecular formula is C16H14F3NO5S. The van der Waals surface area contributed by atoms with Crippen molar-refractivity contribution in [3.05, 3.63) is 41.3 Å². The van der Waals surface area contributed by atoms with E-state index in [4.69, 9.17) is 5.11 Å². The molecule has 1 aromatic heterocycles. The molecule has 1 aromatic carbocycles. The molecule has 0 spiro atoms. The first-order chi connectivity index (χ1) is 12.0. The van der Waals surface area contributed by atoms with Gasteiger partial charge in [-0.25, -0.2) is 4.79 Å². The van der Waals surface area contributed by atoms with Crippen molar-refractivity contribution in [1.82, 2.24) is 5.32 Å². The van der Waals surface area contributed by atoms with Crippen molar-refractivity contribution < 1.29 is 37.7 Å². The number of carboxylic acid groups (broad SMARTS) is 1. The molecule has 1 amide bonds. The standard InChI is InChI=1S/C16H14F3NO5S/c1-15(24,14(22)23)8-20-13(21)12-7-6-11(26-12)9-2-4-10(5-3-9)25-16(17,18)19/h2-7,24H,8H2,1H3,(H,20,21)(H,22,23). The highest BCUT2D eigenvalue weighted by atomic mass is 32.1. The van der Waals surface area contributed by atoms with Crippen molar-refractivity contribution in [1.29, 1.82) is 0 Å². The zero-order valence-electron chi connectivity index (χ0n) is 13.3. The molecule has 0 aliphatic rings. The van der Waals surface area contributed by atoms with Crippen molar-refractivity contribution in [3.63, 3.8) is 0 Å². The van der Waals surface area contributed by atoms with Crippen molar-refractivity contribution in [2.75, 3.05) is 6.54 Å². The lowest BCUT2D eigenvalue weighted by molar-refractivity contribution is -0.274. The first kappa shape index (κ1) is 19.7. The summed E-state index contributed by atoms with van der Waals surface area (Å²) < 4.78 is 40.2. The maximum atomic E-state index is 12.1. The fourth-order valence-electron chi connectivity index (χ4n) is 1.85. The van der Waals surface area contributed by atoms with E-state index in [0.717, 1.165) is 30.4 Å². The van der Waals surface area contributed by atoms with E-state index in [1.165, 1.54) is 18.2 Å². The second kappa shape index (κ2) is 7.34. The Morgan fingerprint density at radius 3 is 2.31 bits per heavy atom. The SMILES string of the molecule is CC(O)(CNC(=O)c1ccc(-c2ccc(OC(F)(F)F)cc2)s1)C(=O)O. The van der Waals surface area contributed by atoms with Crippen LogP contribution in [0.2, 0.25) is 0 Å². The minimum atomic E-state index is -4.77. The smallest absolute Gasteiger partial charge is 0.479 e. The molecule has 2 aromatic rings. The second-order valence-electron chi connectivity index (χ2n) is 5.50. The van der Waals surface area contributed by atoms with E-state index in [2.05, 4.69) is 10.1 Å². The molecule has 0 radical (unpaired) electrons. The van der Waals surface area contributed by atoms with Crippen LogP contribution >= 0.6 is 11.3 Å². The summed E-state index contributed by atoms with van der Waals surface area (Å²) in [5, 5.41) is 20.7. The number of carboxylic acids is 1. The Balaban J connectivity index is 2.05. The van der Waals surface area contributed by atoms with E-state index >= 15 is 0 Å². The zero-order chi connectivity index (χ0) is 19.5. The number of nitrogens with one attached hydrogen (secondary N) is 1. The zero-order valence-corrected chi connectivity index (χ0v) is 14.1. The lowest BCUT2D eigenvalue weighted by Crippen LogP contribution is -2.46. The van der Waals surface area contributed by atoms with Crippen LogP contribution in [0.15, 0.2) is 36.4 Å². The highest BCUT2D eigenvalue weighted by Crippen LogP contribution is 2.31. The highest BCUT2D eigenvalue weighted by molar-refractivity contribution is 7.17. The highest BCUT2D eigenvalue weighted by Gasteiger charge is 2.31. The summed E-state index contributed by atoms with van der Waals surface area (Å²) >= 11 is 1.07. The average molecular weight is 389 g/mol. The maximum absolute atomic E-state index is 12.1. The van der Waals surface area contributed by atoms with Crippen molar-refractivity contribution >= 4 is 23.2 Å². The molecule has 0 aliphatic heterocycles. The van der Waals surface area contributed by atoms with E-state index in [0.29, 0.717) is 10.4 Å². The third kappa shape index (κ3) is 5.20. The van der Waals surface area contributed by atoms with Crippen LogP contribution in [0.4, 0.5) is 13.2 Å². The van der Waals surface area contributed by atoms with Crippen LogP contribution in [-0.4, -0.2) is 40.6 Å². The van der Waals surface area contributed by atoms with Crippen LogP contribution in [0.1, 0.15) is 16.6 Å². The molecule has 10 heteroatoms. The van der Waals surface area contributed by atoms with Gasteiger partial charge in [0, 0.05) is 4.88 Å². The summed E-state index contributed by atoms with van der Waals surface area (Å²) in [6, 6.07) is 8.26. The molecule has 2 rings (SSSR count). The third-order valence-corrected chi connectivity index (χ3v) is 4.39. The lowest BCUT2D eigenvalue weighted by atomic mass is 10.1. The normalized spacial score (nSPS) is 13.7. The van der Waals surface area contributed by atoms with Crippen molar-refractivity contribution in [3.8, 4) is 16.2 Å². The molecule has 6 nitrogen and oxygen atoms in total. The predicted molar refractivity (Wildman–Crippen MR) is 87.0 cm³/mol. The fraction of sp³-hybridized carbons (Fsp3) is 0.250. The molecule has 0 fully saturated rings. The van der Waals surface area contributed by atoms with E-state index in [-0.39, 0.29) is 10.6 Å². The van der Waals surface area contributed by atoms with Crippen LogP contribution in [0.3, 0.4) is 0 Å². The Bertz CT molecular complexity index is 799. The summed E-state index contributed by atoms with van der Waals surface area (Å²) in [4.78, 5) is 23.7. The van der Waals surface area contributed by atoms with E-state index in [1.54, 1.807) is 6.07 Å². The molecule has 0 saturated carbocycles. The maximum Gasteiger partial charge on any atom is 0.573 e. The van der Waals surface area contributed by atoms with Gasteiger partial charge in [-0.2, -0.15) is 0 Å². The van der Waals surface area contributed by atoms with E-state index < -0.39 is 30.4 Å². The van der Waals surface area contributed by atoms with Gasteiger partial charge < -0.3 is 20.3 Å². The molecule has 1 heterocycles. The number of ether oxygens (including phenoxy) is 1. The van der Waals surface area contributed by atoms with Gasteiger partial charge in [0.05, 0.1) is 11.4 Å². The number of aliphatic hydroxyl groups is 1. The first-order valence-corrected chi connectivity index (χ1v) is 7.99. The number of benzene rings is 1. The topological polar surface area (TPSA) is 95.9 Å². The lowest BCUT2D eigenvalue weighted by Gasteiger charge is -2.17.